The summed E-state index contributed by atoms with van der Waals surface area (Å²) in [7, 11) is 0. The molecule has 1 aliphatic heterocycles. The van der Waals surface area contributed by atoms with Gasteiger partial charge in [0.15, 0.2) is 0 Å². The minimum Gasteiger partial charge on any atom is -0.374 e. The first-order valence-corrected chi connectivity index (χ1v) is 6.72. The van der Waals surface area contributed by atoms with Gasteiger partial charge in [-0.2, -0.15) is 11.8 Å². The number of thioether (sulfide) groups is 1. The third kappa shape index (κ3) is 4.17. The minimum absolute atomic E-state index is 0.151. The number of rotatable bonds is 5. The van der Waals surface area contributed by atoms with E-state index in [9.17, 15) is 0 Å². The highest BCUT2D eigenvalue weighted by atomic mass is 32.2. The quantitative estimate of drug-likeness (QED) is 0.692. The van der Waals surface area contributed by atoms with Gasteiger partial charge in [-0.3, -0.25) is 4.90 Å². The Bertz CT molecular complexity index is 155. The second kappa shape index (κ2) is 6.67. The molecule has 3 nitrogen and oxygen atoms in total. The summed E-state index contributed by atoms with van der Waals surface area (Å²) < 4.78 is 5.60. The fourth-order valence-electron chi connectivity index (χ4n) is 1.69. The fourth-order valence-corrected chi connectivity index (χ4v) is 2.10. The highest BCUT2D eigenvalue weighted by Gasteiger charge is 2.22. The molecular weight excluding hydrogens is 196 g/mol. The molecule has 0 aromatic carbocycles. The molecule has 2 atom stereocenters. The van der Waals surface area contributed by atoms with E-state index < -0.39 is 0 Å². The van der Waals surface area contributed by atoms with Crippen LogP contribution in [0.15, 0.2) is 0 Å². The molecular formula is C10H22N2OS. The zero-order valence-corrected chi connectivity index (χ0v) is 10.1. The maximum Gasteiger partial charge on any atom is 0.0850 e. The van der Waals surface area contributed by atoms with E-state index in [0.717, 1.165) is 19.7 Å². The summed E-state index contributed by atoms with van der Waals surface area (Å²) in [6.45, 7) is 6.12. The smallest absolute Gasteiger partial charge is 0.0850 e. The Kier molecular flexibility index (Phi) is 5.86. The Labute approximate surface area is 91.4 Å². The highest BCUT2D eigenvalue weighted by molar-refractivity contribution is 7.98. The van der Waals surface area contributed by atoms with Crippen molar-refractivity contribution in [1.29, 1.82) is 0 Å². The van der Waals surface area contributed by atoms with Crippen LogP contribution in [0.3, 0.4) is 0 Å². The second-order valence-electron chi connectivity index (χ2n) is 3.92. The fraction of sp³-hybridized carbons (Fsp3) is 1.00. The highest BCUT2D eigenvalue weighted by Crippen LogP contribution is 2.08. The molecule has 1 rings (SSSR count). The topological polar surface area (TPSA) is 38.5 Å². The van der Waals surface area contributed by atoms with Crippen LogP contribution in [0.1, 0.15) is 13.3 Å². The minimum atomic E-state index is 0.151. The Morgan fingerprint density at radius 3 is 3.07 bits per heavy atom. The maximum atomic E-state index is 5.83. The Hall–Kier alpha value is 0.230. The zero-order valence-electron chi connectivity index (χ0n) is 9.24. The third-order valence-electron chi connectivity index (χ3n) is 2.59. The number of ether oxygens (including phenoxy) is 1. The number of hydrogen-bond acceptors (Lipinski definition) is 4. The van der Waals surface area contributed by atoms with Gasteiger partial charge in [0.25, 0.3) is 0 Å². The lowest BCUT2D eigenvalue weighted by atomic mass is 10.1. The summed E-state index contributed by atoms with van der Waals surface area (Å²) in [5, 5.41) is 0. The van der Waals surface area contributed by atoms with Crippen molar-refractivity contribution in [3.05, 3.63) is 0 Å². The number of nitrogens with two attached hydrogens (primary N) is 1. The maximum absolute atomic E-state index is 5.83. The first-order valence-electron chi connectivity index (χ1n) is 5.32. The monoisotopic (exact) mass is 218 g/mol. The summed E-state index contributed by atoms with van der Waals surface area (Å²) in [5.41, 5.74) is 5.83. The molecule has 2 N–H and O–H groups in total. The van der Waals surface area contributed by atoms with Crippen LogP contribution in [0.25, 0.3) is 0 Å². The Morgan fingerprint density at radius 1 is 1.64 bits per heavy atom. The number of hydrogen-bond donors (Lipinski definition) is 1. The van der Waals surface area contributed by atoms with Crippen molar-refractivity contribution in [3.63, 3.8) is 0 Å². The van der Waals surface area contributed by atoms with Crippen LogP contribution in [-0.2, 0) is 4.74 Å². The van der Waals surface area contributed by atoms with Crippen molar-refractivity contribution in [3.8, 4) is 0 Å². The molecule has 0 bridgehead atoms. The summed E-state index contributed by atoms with van der Waals surface area (Å²) >= 11 is 1.91. The first kappa shape index (κ1) is 12.3. The van der Waals surface area contributed by atoms with Gasteiger partial charge in [0, 0.05) is 19.1 Å². The molecule has 14 heavy (non-hydrogen) atoms. The van der Waals surface area contributed by atoms with Gasteiger partial charge in [0.05, 0.1) is 12.7 Å². The lowest BCUT2D eigenvalue weighted by Gasteiger charge is -2.34. The van der Waals surface area contributed by atoms with Gasteiger partial charge in [0.2, 0.25) is 0 Å². The molecule has 0 saturated carbocycles. The van der Waals surface area contributed by atoms with Crippen molar-refractivity contribution in [2.24, 2.45) is 5.73 Å². The molecule has 84 valence electrons. The zero-order chi connectivity index (χ0) is 10.4. The molecule has 1 aliphatic rings. The second-order valence-corrected chi connectivity index (χ2v) is 4.90. The summed E-state index contributed by atoms with van der Waals surface area (Å²) in [4.78, 5) is 2.47. The molecule has 2 unspecified atom stereocenters. The van der Waals surface area contributed by atoms with Gasteiger partial charge in [0.1, 0.15) is 0 Å². The predicted octanol–water partition coefficient (Wildman–Crippen LogP) is 0.788. The van der Waals surface area contributed by atoms with E-state index >= 15 is 0 Å². The van der Waals surface area contributed by atoms with Crippen molar-refractivity contribution in [1.82, 2.24) is 4.90 Å². The van der Waals surface area contributed by atoms with Crippen molar-refractivity contribution >= 4 is 11.8 Å². The third-order valence-corrected chi connectivity index (χ3v) is 3.28. The lowest BCUT2D eigenvalue weighted by Crippen LogP contribution is -2.49. The summed E-state index contributed by atoms with van der Waals surface area (Å²) in [6, 6.07) is 0.151. The van der Waals surface area contributed by atoms with E-state index in [1.807, 2.05) is 18.7 Å². The molecule has 0 aromatic rings. The molecule has 0 aromatic heterocycles. The average molecular weight is 218 g/mol. The number of morpholine rings is 1. The van der Waals surface area contributed by atoms with Crippen LogP contribution >= 0.6 is 11.8 Å². The molecule has 0 aliphatic carbocycles. The summed E-state index contributed by atoms with van der Waals surface area (Å²) in [5.74, 6) is 1.25. The van der Waals surface area contributed by atoms with Crippen LogP contribution in [0.5, 0.6) is 0 Å². The van der Waals surface area contributed by atoms with Crippen molar-refractivity contribution in [2.45, 2.75) is 25.5 Å². The first-order chi connectivity index (χ1) is 6.74. The van der Waals surface area contributed by atoms with Gasteiger partial charge >= 0.3 is 0 Å². The van der Waals surface area contributed by atoms with E-state index in [-0.39, 0.29) is 12.1 Å². The van der Waals surface area contributed by atoms with Gasteiger partial charge in [-0.25, -0.2) is 0 Å². The van der Waals surface area contributed by atoms with Crippen molar-refractivity contribution in [2.75, 3.05) is 38.2 Å². The normalized spacial score (nSPS) is 26.4. The molecule has 1 fully saturated rings. The predicted molar refractivity (Wildman–Crippen MR) is 62.8 cm³/mol. The van der Waals surface area contributed by atoms with Gasteiger partial charge in [-0.05, 0) is 31.9 Å². The average Bonchev–Trinajstić information content (AvgIpc) is 2.19. The molecule has 4 heteroatoms. The van der Waals surface area contributed by atoms with Crippen LogP contribution in [0, 0.1) is 0 Å². The standard InChI is InChI=1S/C10H22N2OS/c1-9(11)10-8-12(5-6-13-10)4-3-7-14-2/h9-10H,3-8,11H2,1-2H3. The molecule has 0 spiro atoms. The van der Waals surface area contributed by atoms with E-state index in [1.165, 1.54) is 18.7 Å². The molecule has 0 radical (unpaired) electrons. The summed E-state index contributed by atoms with van der Waals surface area (Å²) in [6.07, 6.45) is 3.66. The van der Waals surface area contributed by atoms with E-state index in [4.69, 9.17) is 10.5 Å². The number of nitrogens with zero attached hydrogens (tertiary/aromatic N) is 1. The van der Waals surface area contributed by atoms with Gasteiger partial charge in [-0.1, -0.05) is 0 Å². The van der Waals surface area contributed by atoms with Gasteiger partial charge in [-0.15, -0.1) is 0 Å². The SMILES string of the molecule is CSCCCN1CCOC(C(C)N)C1. The van der Waals surface area contributed by atoms with E-state index in [1.54, 1.807) is 0 Å². The largest absolute Gasteiger partial charge is 0.374 e. The Balaban J connectivity index is 2.19. The molecule has 1 heterocycles. The van der Waals surface area contributed by atoms with Gasteiger partial charge < -0.3 is 10.5 Å². The Morgan fingerprint density at radius 2 is 2.43 bits per heavy atom. The van der Waals surface area contributed by atoms with Crippen LogP contribution in [0.4, 0.5) is 0 Å². The molecule has 0 amide bonds. The van der Waals surface area contributed by atoms with Crippen molar-refractivity contribution < 1.29 is 4.74 Å². The molecule has 1 saturated heterocycles. The van der Waals surface area contributed by atoms with Crippen LogP contribution in [-0.4, -0.2) is 55.3 Å². The van der Waals surface area contributed by atoms with Crippen LogP contribution in [0.2, 0.25) is 0 Å². The van der Waals surface area contributed by atoms with Crippen LogP contribution < -0.4 is 5.73 Å². The van der Waals surface area contributed by atoms with E-state index in [2.05, 4.69) is 11.2 Å². The lowest BCUT2D eigenvalue weighted by molar-refractivity contribution is -0.0373. The van der Waals surface area contributed by atoms with E-state index in [0.29, 0.717) is 0 Å².